The number of anilines is 1. The summed E-state index contributed by atoms with van der Waals surface area (Å²) in [6.45, 7) is 8.00. The minimum Gasteiger partial charge on any atom is -0.494 e. The molecule has 9 heteroatoms. The van der Waals surface area contributed by atoms with E-state index in [2.05, 4.69) is 5.32 Å². The number of ether oxygens (including phenoxy) is 2. The zero-order valence-corrected chi connectivity index (χ0v) is 22.8. The Bertz CT molecular complexity index is 1360. The highest BCUT2D eigenvalue weighted by molar-refractivity contribution is 7.17. The van der Waals surface area contributed by atoms with Crippen LogP contribution in [-0.4, -0.2) is 48.3 Å². The molecular formula is C29H30N2O6S. The van der Waals surface area contributed by atoms with Gasteiger partial charge in [-0.2, -0.15) is 0 Å². The molecule has 2 atom stereocenters. The van der Waals surface area contributed by atoms with Crippen molar-refractivity contribution in [1.29, 1.82) is 0 Å². The first-order valence-electron chi connectivity index (χ1n) is 12.5. The van der Waals surface area contributed by atoms with Crippen molar-refractivity contribution in [3.05, 3.63) is 70.1 Å². The number of amides is 3. The van der Waals surface area contributed by atoms with Crippen LogP contribution in [-0.2, 0) is 9.53 Å². The third-order valence-electron chi connectivity index (χ3n) is 6.72. The molecule has 3 aromatic rings. The first-order chi connectivity index (χ1) is 18.2. The normalized spacial score (nSPS) is 14.2. The first kappa shape index (κ1) is 27.1. The van der Waals surface area contributed by atoms with Crippen LogP contribution in [0.2, 0.25) is 0 Å². The molecule has 4 rings (SSSR count). The average molecular weight is 535 g/mol. The van der Waals surface area contributed by atoms with E-state index in [4.69, 9.17) is 9.47 Å². The lowest BCUT2D eigenvalue weighted by Gasteiger charge is -2.29. The Morgan fingerprint density at radius 3 is 2.13 bits per heavy atom. The number of esters is 1. The fourth-order valence-electron chi connectivity index (χ4n) is 4.66. The molecule has 0 saturated heterocycles. The van der Waals surface area contributed by atoms with Crippen molar-refractivity contribution in [2.75, 3.05) is 19.0 Å². The number of benzene rings is 2. The molecule has 2 unspecified atom stereocenters. The Morgan fingerprint density at radius 2 is 1.61 bits per heavy atom. The number of rotatable bonds is 9. The standard InChI is InChI=1S/C29H30N2O6S/c1-6-16(3)24(31-27(33)20-10-8-9-11-21(20)28(31)34)25(32)30-26-23(29(35)36-5)22(17(4)38-26)18-12-14-19(15-13-18)37-7-2/h8-16,24H,6-7H2,1-5H3,(H,30,32). The third kappa shape index (κ3) is 4.81. The molecule has 0 spiro atoms. The van der Waals surface area contributed by atoms with Gasteiger partial charge >= 0.3 is 5.97 Å². The molecule has 1 N–H and O–H groups in total. The van der Waals surface area contributed by atoms with Crippen LogP contribution in [0.1, 0.15) is 63.1 Å². The predicted molar refractivity (Wildman–Crippen MR) is 146 cm³/mol. The number of carbonyl (C=O) groups excluding carboxylic acids is 4. The lowest BCUT2D eigenvalue weighted by atomic mass is 9.96. The summed E-state index contributed by atoms with van der Waals surface area (Å²) in [5.41, 5.74) is 2.18. The summed E-state index contributed by atoms with van der Waals surface area (Å²) < 4.78 is 10.6. The number of nitrogens with zero attached hydrogens (tertiary/aromatic N) is 1. The van der Waals surface area contributed by atoms with E-state index in [1.165, 1.54) is 18.4 Å². The number of fused-ring (bicyclic) bond motifs is 1. The van der Waals surface area contributed by atoms with E-state index in [-0.39, 0.29) is 22.6 Å². The second kappa shape index (κ2) is 11.2. The molecule has 1 aliphatic rings. The molecule has 0 radical (unpaired) electrons. The molecule has 1 aromatic heterocycles. The van der Waals surface area contributed by atoms with Crippen molar-refractivity contribution in [2.24, 2.45) is 5.92 Å². The Morgan fingerprint density at radius 1 is 1.00 bits per heavy atom. The molecule has 0 saturated carbocycles. The van der Waals surface area contributed by atoms with E-state index in [1.807, 2.05) is 52.0 Å². The van der Waals surface area contributed by atoms with Crippen LogP contribution < -0.4 is 10.1 Å². The molecule has 38 heavy (non-hydrogen) atoms. The SMILES string of the molecule is CCOc1ccc(-c2c(C)sc(NC(=O)C(C(C)CC)N3C(=O)c4ccccc4C3=O)c2C(=O)OC)cc1. The summed E-state index contributed by atoms with van der Waals surface area (Å²) in [7, 11) is 1.28. The van der Waals surface area contributed by atoms with E-state index in [0.29, 0.717) is 29.3 Å². The lowest BCUT2D eigenvalue weighted by molar-refractivity contribution is -0.121. The van der Waals surface area contributed by atoms with Crippen LogP contribution in [0.4, 0.5) is 5.00 Å². The molecule has 8 nitrogen and oxygen atoms in total. The topological polar surface area (TPSA) is 102 Å². The van der Waals surface area contributed by atoms with Gasteiger partial charge in [0, 0.05) is 10.4 Å². The highest BCUT2D eigenvalue weighted by Gasteiger charge is 2.45. The summed E-state index contributed by atoms with van der Waals surface area (Å²) in [4.78, 5) is 55.0. The van der Waals surface area contributed by atoms with Crippen LogP contribution in [0.5, 0.6) is 5.75 Å². The van der Waals surface area contributed by atoms with Crippen molar-refractivity contribution in [1.82, 2.24) is 4.90 Å². The van der Waals surface area contributed by atoms with Crippen LogP contribution in [0.15, 0.2) is 48.5 Å². The Hall–Kier alpha value is -3.98. The molecule has 1 aliphatic heterocycles. The summed E-state index contributed by atoms with van der Waals surface area (Å²) >= 11 is 1.24. The van der Waals surface area contributed by atoms with Gasteiger partial charge in [-0.25, -0.2) is 4.79 Å². The van der Waals surface area contributed by atoms with Crippen molar-refractivity contribution >= 4 is 40.0 Å². The molecule has 2 aromatic carbocycles. The van der Waals surface area contributed by atoms with Crippen LogP contribution in [0.25, 0.3) is 11.1 Å². The molecule has 198 valence electrons. The van der Waals surface area contributed by atoms with Crippen molar-refractivity contribution in [2.45, 2.75) is 40.2 Å². The second-order valence-electron chi connectivity index (χ2n) is 9.03. The number of hydrogen-bond acceptors (Lipinski definition) is 7. The summed E-state index contributed by atoms with van der Waals surface area (Å²) in [6.07, 6.45) is 0.552. The Kier molecular flexibility index (Phi) is 7.97. The number of hydrogen-bond donors (Lipinski definition) is 1. The van der Waals surface area contributed by atoms with Gasteiger partial charge in [0.1, 0.15) is 22.4 Å². The van der Waals surface area contributed by atoms with Gasteiger partial charge in [0.25, 0.3) is 11.8 Å². The number of nitrogens with one attached hydrogen (secondary N) is 1. The minimum absolute atomic E-state index is 0.220. The fraction of sp³-hybridized carbons (Fsp3) is 0.310. The van der Waals surface area contributed by atoms with Gasteiger partial charge in [-0.05, 0) is 49.6 Å². The van der Waals surface area contributed by atoms with E-state index < -0.39 is 29.7 Å². The highest BCUT2D eigenvalue weighted by atomic mass is 32.1. The summed E-state index contributed by atoms with van der Waals surface area (Å²) in [5.74, 6) is -1.78. The van der Waals surface area contributed by atoms with Crippen LogP contribution in [0.3, 0.4) is 0 Å². The molecule has 0 aliphatic carbocycles. The van der Waals surface area contributed by atoms with Crippen molar-refractivity contribution < 1.29 is 28.7 Å². The quantitative estimate of drug-likeness (QED) is 0.285. The smallest absolute Gasteiger partial charge is 0.341 e. The largest absolute Gasteiger partial charge is 0.494 e. The summed E-state index contributed by atoms with van der Waals surface area (Å²) in [6, 6.07) is 12.8. The van der Waals surface area contributed by atoms with Crippen LogP contribution >= 0.6 is 11.3 Å². The molecule has 3 amide bonds. The Balaban J connectivity index is 1.72. The number of thiophene rings is 1. The molecular weight excluding hydrogens is 504 g/mol. The molecule has 2 heterocycles. The second-order valence-corrected chi connectivity index (χ2v) is 10.3. The van der Waals surface area contributed by atoms with Gasteiger partial charge in [0.2, 0.25) is 5.91 Å². The monoisotopic (exact) mass is 534 g/mol. The zero-order chi connectivity index (χ0) is 27.6. The molecule has 0 bridgehead atoms. The maximum atomic E-state index is 13.8. The fourth-order valence-corrected chi connectivity index (χ4v) is 5.73. The van der Waals surface area contributed by atoms with Crippen molar-refractivity contribution in [3.63, 3.8) is 0 Å². The van der Waals surface area contributed by atoms with Gasteiger partial charge in [0.15, 0.2) is 0 Å². The first-order valence-corrected chi connectivity index (χ1v) is 13.3. The van der Waals surface area contributed by atoms with E-state index in [9.17, 15) is 19.2 Å². The number of methoxy groups -OCH3 is 1. The minimum atomic E-state index is -1.06. The predicted octanol–water partition coefficient (Wildman–Crippen LogP) is 5.56. The van der Waals surface area contributed by atoms with Gasteiger partial charge in [0.05, 0.1) is 24.8 Å². The summed E-state index contributed by atoms with van der Waals surface area (Å²) in [5, 5.41) is 3.16. The number of aryl methyl sites for hydroxylation is 1. The average Bonchev–Trinajstić information content (AvgIpc) is 3.37. The third-order valence-corrected chi connectivity index (χ3v) is 7.74. The number of carbonyl (C=O) groups is 4. The maximum absolute atomic E-state index is 13.8. The lowest BCUT2D eigenvalue weighted by Crippen LogP contribution is -2.50. The van der Waals surface area contributed by atoms with E-state index in [1.54, 1.807) is 24.3 Å². The van der Waals surface area contributed by atoms with Gasteiger partial charge in [-0.3, -0.25) is 19.3 Å². The number of imide groups is 1. The van der Waals surface area contributed by atoms with Gasteiger partial charge in [-0.1, -0.05) is 44.5 Å². The zero-order valence-electron chi connectivity index (χ0n) is 22.0. The maximum Gasteiger partial charge on any atom is 0.341 e. The van der Waals surface area contributed by atoms with E-state index in [0.717, 1.165) is 15.3 Å². The van der Waals surface area contributed by atoms with Gasteiger partial charge < -0.3 is 14.8 Å². The Labute approximate surface area is 225 Å². The molecule has 0 fully saturated rings. The van der Waals surface area contributed by atoms with Crippen molar-refractivity contribution in [3.8, 4) is 16.9 Å². The van der Waals surface area contributed by atoms with Gasteiger partial charge in [-0.15, -0.1) is 11.3 Å². The highest BCUT2D eigenvalue weighted by Crippen LogP contribution is 2.41. The van der Waals surface area contributed by atoms with E-state index >= 15 is 0 Å². The van der Waals surface area contributed by atoms with Crippen LogP contribution in [0, 0.1) is 12.8 Å².